The van der Waals surface area contributed by atoms with Crippen LogP contribution in [0.5, 0.6) is 5.75 Å². The van der Waals surface area contributed by atoms with E-state index in [9.17, 15) is 4.79 Å². The first-order valence-electron chi connectivity index (χ1n) is 8.94. The van der Waals surface area contributed by atoms with Gasteiger partial charge >= 0.3 is 0 Å². The van der Waals surface area contributed by atoms with Crippen LogP contribution in [0.2, 0.25) is 5.02 Å². The van der Waals surface area contributed by atoms with Gasteiger partial charge < -0.3 is 14.8 Å². The molecule has 2 atom stereocenters. The average molecular weight is 374 g/mol. The summed E-state index contributed by atoms with van der Waals surface area (Å²) in [5.41, 5.74) is 2.08. The lowest BCUT2D eigenvalue weighted by atomic mass is 9.88. The number of amides is 1. The van der Waals surface area contributed by atoms with Crippen LogP contribution >= 0.6 is 11.6 Å². The molecular weight excluding hydrogens is 350 g/mol. The highest BCUT2D eigenvalue weighted by Gasteiger charge is 2.21. The van der Waals surface area contributed by atoms with Gasteiger partial charge in [-0.25, -0.2) is 0 Å². The van der Waals surface area contributed by atoms with E-state index in [1.165, 1.54) is 0 Å². The second-order valence-electron chi connectivity index (χ2n) is 6.50. The number of benzene rings is 2. The molecule has 2 unspecified atom stereocenters. The molecule has 1 heterocycles. The zero-order valence-electron chi connectivity index (χ0n) is 14.9. The van der Waals surface area contributed by atoms with E-state index in [2.05, 4.69) is 5.32 Å². The zero-order valence-corrected chi connectivity index (χ0v) is 15.7. The molecule has 2 aromatic rings. The van der Waals surface area contributed by atoms with Crippen molar-refractivity contribution < 1.29 is 14.3 Å². The Morgan fingerprint density at radius 1 is 1.27 bits per heavy atom. The van der Waals surface area contributed by atoms with E-state index in [1.54, 1.807) is 7.11 Å². The minimum atomic E-state index is -0.0656. The van der Waals surface area contributed by atoms with Crippen molar-refractivity contribution in [3.63, 3.8) is 0 Å². The summed E-state index contributed by atoms with van der Waals surface area (Å²) in [5, 5.41) is 3.56. The van der Waals surface area contributed by atoms with E-state index in [-0.39, 0.29) is 17.9 Å². The number of nitrogens with one attached hydrogen (secondary N) is 1. The van der Waals surface area contributed by atoms with Crippen LogP contribution in [-0.4, -0.2) is 32.3 Å². The monoisotopic (exact) mass is 373 g/mol. The van der Waals surface area contributed by atoms with E-state index in [0.717, 1.165) is 30.6 Å². The molecule has 0 aliphatic carbocycles. The third-order valence-corrected chi connectivity index (χ3v) is 5.02. The summed E-state index contributed by atoms with van der Waals surface area (Å²) >= 11 is 6.30. The number of rotatable bonds is 7. The number of hydrogen-bond acceptors (Lipinski definition) is 3. The fraction of sp³-hybridized carbons (Fsp3) is 0.381. The van der Waals surface area contributed by atoms with Crippen molar-refractivity contribution in [2.24, 2.45) is 0 Å². The normalized spacial score (nSPS) is 17.7. The van der Waals surface area contributed by atoms with Gasteiger partial charge in [-0.2, -0.15) is 0 Å². The van der Waals surface area contributed by atoms with Crippen LogP contribution in [-0.2, 0) is 9.53 Å². The molecule has 1 amide bonds. The summed E-state index contributed by atoms with van der Waals surface area (Å²) in [5.74, 6) is 0.579. The highest BCUT2D eigenvalue weighted by atomic mass is 35.5. The fourth-order valence-electron chi connectivity index (χ4n) is 3.30. The molecule has 0 aromatic heterocycles. The van der Waals surface area contributed by atoms with Crippen LogP contribution in [0.3, 0.4) is 0 Å². The van der Waals surface area contributed by atoms with E-state index in [4.69, 9.17) is 21.1 Å². The SMILES string of the molecule is COc1ccc(C(CC(=O)NCC2CCCO2)c2ccccc2)cc1Cl. The maximum absolute atomic E-state index is 12.5. The van der Waals surface area contributed by atoms with Crippen LogP contribution in [0, 0.1) is 0 Å². The number of methoxy groups -OCH3 is 1. The predicted molar refractivity (Wildman–Crippen MR) is 103 cm³/mol. The van der Waals surface area contributed by atoms with Gasteiger partial charge in [-0.1, -0.05) is 48.0 Å². The quantitative estimate of drug-likeness (QED) is 0.792. The van der Waals surface area contributed by atoms with Gasteiger partial charge in [0, 0.05) is 25.5 Å². The first-order chi connectivity index (χ1) is 12.7. The molecule has 4 nitrogen and oxygen atoms in total. The van der Waals surface area contributed by atoms with E-state index >= 15 is 0 Å². The smallest absolute Gasteiger partial charge is 0.221 e. The summed E-state index contributed by atoms with van der Waals surface area (Å²) in [6.07, 6.45) is 2.58. The van der Waals surface area contributed by atoms with Crippen LogP contribution in [0.1, 0.15) is 36.3 Å². The molecule has 138 valence electrons. The molecule has 3 rings (SSSR count). The Hall–Kier alpha value is -2.04. The molecule has 0 bridgehead atoms. The second-order valence-corrected chi connectivity index (χ2v) is 6.91. The lowest BCUT2D eigenvalue weighted by Gasteiger charge is -2.19. The third kappa shape index (κ3) is 4.77. The number of carbonyl (C=O) groups is 1. The van der Waals surface area contributed by atoms with Gasteiger partial charge in [0.2, 0.25) is 5.91 Å². The number of hydrogen-bond donors (Lipinski definition) is 1. The van der Waals surface area contributed by atoms with Crippen LogP contribution in [0.15, 0.2) is 48.5 Å². The van der Waals surface area contributed by atoms with Gasteiger partial charge in [0.1, 0.15) is 5.75 Å². The van der Waals surface area contributed by atoms with Crippen molar-refractivity contribution in [3.05, 3.63) is 64.7 Å². The first-order valence-corrected chi connectivity index (χ1v) is 9.32. The third-order valence-electron chi connectivity index (χ3n) is 4.72. The summed E-state index contributed by atoms with van der Waals surface area (Å²) in [6.45, 7) is 1.36. The fourth-order valence-corrected chi connectivity index (χ4v) is 3.57. The Labute approximate surface area is 159 Å². The Balaban J connectivity index is 1.75. The van der Waals surface area contributed by atoms with Gasteiger partial charge in [-0.3, -0.25) is 4.79 Å². The van der Waals surface area contributed by atoms with Crippen LogP contribution in [0.4, 0.5) is 0 Å². The van der Waals surface area contributed by atoms with Crippen molar-refractivity contribution >= 4 is 17.5 Å². The largest absolute Gasteiger partial charge is 0.495 e. The predicted octanol–water partition coefficient (Wildman–Crippen LogP) is 4.17. The summed E-state index contributed by atoms with van der Waals surface area (Å²) in [6, 6.07) is 15.7. The van der Waals surface area contributed by atoms with Gasteiger partial charge in [-0.15, -0.1) is 0 Å². The second kappa shape index (κ2) is 9.06. The van der Waals surface area contributed by atoms with E-state index < -0.39 is 0 Å². The number of ether oxygens (including phenoxy) is 2. The van der Waals surface area contributed by atoms with E-state index in [1.807, 2.05) is 48.5 Å². The Morgan fingerprint density at radius 2 is 2.08 bits per heavy atom. The van der Waals surface area contributed by atoms with E-state index in [0.29, 0.717) is 23.7 Å². The van der Waals surface area contributed by atoms with Gasteiger partial charge in [-0.05, 0) is 36.1 Å². The zero-order chi connectivity index (χ0) is 18.4. The molecule has 5 heteroatoms. The molecule has 0 spiro atoms. The van der Waals surface area contributed by atoms with Gasteiger partial charge in [0.05, 0.1) is 18.2 Å². The number of halogens is 1. The lowest BCUT2D eigenvalue weighted by Crippen LogP contribution is -2.32. The molecule has 0 radical (unpaired) electrons. The summed E-state index contributed by atoms with van der Waals surface area (Å²) in [4.78, 5) is 12.5. The minimum absolute atomic E-state index is 0.0151. The molecule has 26 heavy (non-hydrogen) atoms. The molecular formula is C21H24ClNO3. The van der Waals surface area contributed by atoms with Gasteiger partial charge in [0.15, 0.2) is 0 Å². The lowest BCUT2D eigenvalue weighted by molar-refractivity contribution is -0.121. The maximum Gasteiger partial charge on any atom is 0.221 e. The highest BCUT2D eigenvalue weighted by molar-refractivity contribution is 6.32. The van der Waals surface area contributed by atoms with Crippen LogP contribution in [0.25, 0.3) is 0 Å². The molecule has 1 aliphatic rings. The van der Waals surface area contributed by atoms with Crippen molar-refractivity contribution in [1.82, 2.24) is 5.32 Å². The maximum atomic E-state index is 12.5. The first kappa shape index (κ1) is 18.7. The summed E-state index contributed by atoms with van der Waals surface area (Å²) in [7, 11) is 1.59. The molecule has 1 N–H and O–H groups in total. The van der Waals surface area contributed by atoms with Gasteiger partial charge in [0.25, 0.3) is 0 Å². The minimum Gasteiger partial charge on any atom is -0.495 e. The molecule has 1 saturated heterocycles. The Bertz CT molecular complexity index is 729. The van der Waals surface area contributed by atoms with Crippen molar-refractivity contribution in [3.8, 4) is 5.75 Å². The standard InChI is InChI=1S/C21H24ClNO3/c1-25-20-10-9-16(12-19(20)22)18(15-6-3-2-4-7-15)13-21(24)23-14-17-8-5-11-26-17/h2-4,6-7,9-10,12,17-18H,5,8,11,13-14H2,1H3,(H,23,24). The Kier molecular flexibility index (Phi) is 6.53. The van der Waals surface area contributed by atoms with Crippen molar-refractivity contribution in [1.29, 1.82) is 0 Å². The molecule has 0 saturated carbocycles. The topological polar surface area (TPSA) is 47.6 Å². The molecule has 1 aliphatic heterocycles. The molecule has 2 aromatic carbocycles. The van der Waals surface area contributed by atoms with Crippen molar-refractivity contribution in [2.75, 3.05) is 20.3 Å². The number of carbonyl (C=O) groups excluding carboxylic acids is 1. The highest BCUT2D eigenvalue weighted by Crippen LogP contribution is 2.33. The Morgan fingerprint density at radius 3 is 2.73 bits per heavy atom. The average Bonchev–Trinajstić information content (AvgIpc) is 3.19. The van der Waals surface area contributed by atoms with Crippen LogP contribution < -0.4 is 10.1 Å². The van der Waals surface area contributed by atoms with Crippen molar-refractivity contribution in [2.45, 2.75) is 31.3 Å². The molecule has 1 fully saturated rings. The summed E-state index contributed by atoms with van der Waals surface area (Å²) < 4.78 is 10.8.